The highest BCUT2D eigenvalue weighted by molar-refractivity contribution is 5.94. The topological polar surface area (TPSA) is 50.8 Å². The molecule has 36 heavy (non-hydrogen) atoms. The van der Waals surface area contributed by atoms with Crippen molar-refractivity contribution in [2.75, 3.05) is 39.4 Å². The highest BCUT2D eigenvalue weighted by Gasteiger charge is 2.58. The van der Waals surface area contributed by atoms with E-state index in [-0.39, 0.29) is 24.8 Å². The van der Waals surface area contributed by atoms with Gasteiger partial charge in [-0.2, -0.15) is 22.0 Å². The number of hydrogen-bond acceptors (Lipinski definition) is 4. The van der Waals surface area contributed by atoms with Crippen LogP contribution in [0.1, 0.15) is 48.9 Å². The largest absolute Gasteiger partial charge is 0.493 e. The van der Waals surface area contributed by atoms with Gasteiger partial charge in [0.05, 0.1) is 24.8 Å². The molecule has 4 rings (SSSR count). The van der Waals surface area contributed by atoms with E-state index >= 15 is 0 Å². The lowest BCUT2D eigenvalue weighted by molar-refractivity contribution is -0.287. The maximum absolute atomic E-state index is 14.4. The van der Waals surface area contributed by atoms with Crippen molar-refractivity contribution < 1.29 is 40.6 Å². The summed E-state index contributed by atoms with van der Waals surface area (Å²) in [5.41, 5.74) is -0.0538. The van der Waals surface area contributed by atoms with Crippen LogP contribution < -0.4 is 10.1 Å². The lowest BCUT2D eigenvalue weighted by atomic mass is 9.90. The summed E-state index contributed by atoms with van der Waals surface area (Å²) in [4.78, 5) is 13.4. The molecule has 3 aliphatic rings. The van der Waals surface area contributed by atoms with Gasteiger partial charge in [0.2, 0.25) is 0 Å². The molecule has 1 saturated carbocycles. The van der Waals surface area contributed by atoms with Crippen LogP contribution in [0.3, 0.4) is 0 Å². The molecule has 2 heterocycles. The first-order valence-electron chi connectivity index (χ1n) is 12.5. The molecule has 1 aromatic rings. The SMILES string of the molecule is O=C(NCC1CCCO1)c1ccc(OCCC2CC2C2CCN(CC(F)(F)C(F)(F)F)CC2)cc1F. The summed E-state index contributed by atoms with van der Waals surface area (Å²) in [6.45, 7) is 0.595. The molecule has 1 aliphatic carbocycles. The van der Waals surface area contributed by atoms with Crippen molar-refractivity contribution in [3.8, 4) is 5.75 Å². The Morgan fingerprint density at radius 3 is 2.53 bits per heavy atom. The van der Waals surface area contributed by atoms with E-state index in [1.165, 1.54) is 17.0 Å². The normalized spacial score (nSPS) is 25.7. The summed E-state index contributed by atoms with van der Waals surface area (Å²) < 4.78 is 89.4. The van der Waals surface area contributed by atoms with Gasteiger partial charge in [0, 0.05) is 19.2 Å². The summed E-state index contributed by atoms with van der Waals surface area (Å²) in [6, 6.07) is 4.14. The second kappa shape index (κ2) is 11.2. The number of nitrogens with one attached hydrogen (secondary N) is 1. The molecule has 3 unspecified atom stereocenters. The van der Waals surface area contributed by atoms with E-state index in [9.17, 15) is 31.1 Å². The van der Waals surface area contributed by atoms with Gasteiger partial charge < -0.3 is 14.8 Å². The van der Waals surface area contributed by atoms with Crippen LogP contribution in [0.2, 0.25) is 0 Å². The number of halogens is 6. The summed E-state index contributed by atoms with van der Waals surface area (Å²) in [6.07, 6.45) is -0.780. The van der Waals surface area contributed by atoms with E-state index < -0.39 is 30.4 Å². The molecule has 0 aromatic heterocycles. The van der Waals surface area contributed by atoms with Crippen molar-refractivity contribution in [1.29, 1.82) is 0 Å². The molecule has 0 radical (unpaired) electrons. The molecule has 2 aliphatic heterocycles. The van der Waals surface area contributed by atoms with E-state index in [2.05, 4.69) is 5.32 Å². The second-order valence-electron chi connectivity index (χ2n) is 10.1. The average Bonchev–Trinajstić information content (AvgIpc) is 3.38. The molecule has 202 valence electrons. The van der Waals surface area contributed by atoms with E-state index in [0.717, 1.165) is 25.7 Å². The molecule has 3 atom stereocenters. The van der Waals surface area contributed by atoms with Crippen LogP contribution in [-0.2, 0) is 4.74 Å². The number of alkyl halides is 5. The Hall–Kier alpha value is -2.01. The molecule has 11 heteroatoms. The second-order valence-corrected chi connectivity index (χ2v) is 10.1. The Balaban J connectivity index is 1.14. The van der Waals surface area contributed by atoms with E-state index in [0.29, 0.717) is 56.1 Å². The highest BCUT2D eigenvalue weighted by Crippen LogP contribution is 2.50. The van der Waals surface area contributed by atoms with Gasteiger partial charge in [0.1, 0.15) is 11.6 Å². The van der Waals surface area contributed by atoms with Gasteiger partial charge in [-0.1, -0.05) is 0 Å². The summed E-state index contributed by atoms with van der Waals surface area (Å²) in [5.74, 6) is -4.37. The van der Waals surface area contributed by atoms with Crippen LogP contribution in [0.25, 0.3) is 0 Å². The Bertz CT molecular complexity index is 898. The van der Waals surface area contributed by atoms with Gasteiger partial charge in [-0.25, -0.2) is 4.39 Å². The standard InChI is InChI=1S/C25H32F6N2O3/c26-22-13-18(3-4-20(22)23(34)32-14-19-2-1-10-35-19)36-11-7-17-12-21(17)16-5-8-33(9-6-16)15-24(27,28)25(29,30)31/h3-4,13,16-17,19,21H,1-2,5-12,14-15H2,(H,32,34). The minimum Gasteiger partial charge on any atom is -0.493 e. The smallest absolute Gasteiger partial charge is 0.454 e. The van der Waals surface area contributed by atoms with Gasteiger partial charge in [-0.05, 0) is 81.5 Å². The first-order valence-corrected chi connectivity index (χ1v) is 12.5. The molecular formula is C25H32F6N2O3. The molecule has 1 aromatic carbocycles. The van der Waals surface area contributed by atoms with Gasteiger partial charge in [0.25, 0.3) is 5.91 Å². The predicted octanol–water partition coefficient (Wildman–Crippen LogP) is 5.05. The van der Waals surface area contributed by atoms with E-state index in [4.69, 9.17) is 9.47 Å². The van der Waals surface area contributed by atoms with E-state index in [1.54, 1.807) is 6.07 Å². The Morgan fingerprint density at radius 1 is 1.14 bits per heavy atom. The van der Waals surface area contributed by atoms with E-state index in [1.807, 2.05) is 0 Å². The van der Waals surface area contributed by atoms with Gasteiger partial charge in [0.15, 0.2) is 0 Å². The zero-order valence-electron chi connectivity index (χ0n) is 20.0. The number of hydrogen-bond donors (Lipinski definition) is 1. The number of piperidine rings is 1. The van der Waals surface area contributed by atoms with Gasteiger partial charge in [-0.15, -0.1) is 0 Å². The fourth-order valence-electron chi connectivity index (χ4n) is 5.29. The number of nitrogens with zero attached hydrogens (tertiary/aromatic N) is 1. The molecule has 0 bridgehead atoms. The third-order valence-corrected chi connectivity index (χ3v) is 7.51. The molecule has 3 fully saturated rings. The Labute approximate surface area is 206 Å². The maximum Gasteiger partial charge on any atom is 0.454 e. The van der Waals surface area contributed by atoms with Crippen molar-refractivity contribution >= 4 is 5.91 Å². The predicted molar refractivity (Wildman–Crippen MR) is 120 cm³/mol. The third-order valence-electron chi connectivity index (χ3n) is 7.51. The van der Waals surface area contributed by atoms with Crippen molar-refractivity contribution in [2.24, 2.45) is 17.8 Å². The third kappa shape index (κ3) is 6.85. The van der Waals surface area contributed by atoms with Crippen molar-refractivity contribution in [1.82, 2.24) is 10.2 Å². The first kappa shape index (κ1) is 27.0. The number of carbonyl (C=O) groups is 1. The van der Waals surface area contributed by atoms with Gasteiger partial charge in [-0.3, -0.25) is 9.69 Å². The van der Waals surface area contributed by atoms with Crippen LogP contribution in [0.4, 0.5) is 26.3 Å². The zero-order valence-corrected chi connectivity index (χ0v) is 20.0. The van der Waals surface area contributed by atoms with Crippen LogP contribution >= 0.6 is 0 Å². The average molecular weight is 523 g/mol. The fourth-order valence-corrected chi connectivity index (χ4v) is 5.29. The molecule has 0 spiro atoms. The summed E-state index contributed by atoms with van der Waals surface area (Å²) in [7, 11) is 0. The Morgan fingerprint density at radius 2 is 1.89 bits per heavy atom. The number of rotatable bonds is 10. The quantitative estimate of drug-likeness (QED) is 0.437. The van der Waals surface area contributed by atoms with Gasteiger partial charge >= 0.3 is 12.1 Å². The number of carbonyl (C=O) groups excluding carboxylic acids is 1. The molecule has 1 amide bonds. The monoisotopic (exact) mass is 522 g/mol. The minimum atomic E-state index is -5.52. The number of amides is 1. The fraction of sp³-hybridized carbons (Fsp3) is 0.720. The number of ether oxygens (including phenoxy) is 2. The molecule has 1 N–H and O–H groups in total. The number of likely N-dealkylation sites (tertiary alicyclic amines) is 1. The van der Waals surface area contributed by atoms with Crippen LogP contribution in [0.5, 0.6) is 5.75 Å². The van der Waals surface area contributed by atoms with Crippen molar-refractivity contribution in [3.05, 3.63) is 29.6 Å². The Kier molecular flexibility index (Phi) is 8.38. The van der Waals surface area contributed by atoms with Crippen LogP contribution in [0.15, 0.2) is 18.2 Å². The van der Waals surface area contributed by atoms with Crippen LogP contribution in [0, 0.1) is 23.6 Å². The molecule has 5 nitrogen and oxygen atoms in total. The first-order chi connectivity index (χ1) is 17.0. The summed E-state index contributed by atoms with van der Waals surface area (Å²) >= 11 is 0. The van der Waals surface area contributed by atoms with Crippen LogP contribution in [-0.4, -0.2) is 68.4 Å². The minimum absolute atomic E-state index is 0.0300. The lowest BCUT2D eigenvalue weighted by Gasteiger charge is -2.34. The molecule has 2 saturated heterocycles. The lowest BCUT2D eigenvalue weighted by Crippen LogP contribution is -2.49. The van der Waals surface area contributed by atoms with Crippen molar-refractivity contribution in [3.63, 3.8) is 0 Å². The molecular weight excluding hydrogens is 490 g/mol. The zero-order chi connectivity index (χ0) is 25.9. The van der Waals surface area contributed by atoms with Crippen molar-refractivity contribution in [2.45, 2.75) is 56.7 Å². The highest BCUT2D eigenvalue weighted by atomic mass is 19.4. The number of benzene rings is 1. The summed E-state index contributed by atoms with van der Waals surface area (Å²) in [5, 5.41) is 2.69. The maximum atomic E-state index is 14.4.